The van der Waals surface area contributed by atoms with Crippen LogP contribution in [0.25, 0.3) is 5.69 Å². The van der Waals surface area contributed by atoms with Gasteiger partial charge in [-0.1, -0.05) is 30.1 Å². The van der Waals surface area contributed by atoms with E-state index in [1.807, 2.05) is 24.4 Å². The Morgan fingerprint density at radius 1 is 1.22 bits per heavy atom. The Hall–Kier alpha value is -0.960. The van der Waals surface area contributed by atoms with Crippen molar-refractivity contribution in [2.45, 2.75) is 19.9 Å². The third-order valence-electron chi connectivity index (χ3n) is 2.74. The molecule has 2 rings (SSSR count). The van der Waals surface area contributed by atoms with E-state index in [1.165, 1.54) is 5.69 Å². The van der Waals surface area contributed by atoms with Gasteiger partial charge in [-0.15, -0.1) is 0 Å². The first-order valence-corrected chi connectivity index (χ1v) is 6.80. The highest BCUT2D eigenvalue weighted by Crippen LogP contribution is 2.25. The molecule has 2 aromatic rings. The van der Waals surface area contributed by atoms with Gasteiger partial charge >= 0.3 is 0 Å². The van der Waals surface area contributed by atoms with Crippen molar-refractivity contribution in [1.29, 1.82) is 0 Å². The number of hydrogen-bond acceptors (Lipinski definition) is 1. The fraction of sp³-hybridized carbons (Fsp3) is 0.286. The van der Waals surface area contributed by atoms with E-state index in [4.69, 9.17) is 23.2 Å². The molecule has 1 N–H and O–H groups in total. The maximum Gasteiger partial charge on any atom is 0.0661 e. The number of nitrogens with one attached hydrogen (secondary N) is 1. The fourth-order valence-corrected chi connectivity index (χ4v) is 2.36. The van der Waals surface area contributed by atoms with Crippen LogP contribution in [0.1, 0.15) is 19.0 Å². The molecule has 0 saturated carbocycles. The topological polar surface area (TPSA) is 17.0 Å². The zero-order valence-electron chi connectivity index (χ0n) is 10.3. The van der Waals surface area contributed by atoms with Crippen molar-refractivity contribution in [3.63, 3.8) is 0 Å². The molecule has 0 fully saturated rings. The van der Waals surface area contributed by atoms with Crippen LogP contribution < -0.4 is 5.32 Å². The second-order valence-electron chi connectivity index (χ2n) is 4.14. The molecule has 96 valence electrons. The third-order valence-corrected chi connectivity index (χ3v) is 3.27. The van der Waals surface area contributed by atoms with Crippen molar-refractivity contribution in [3.05, 3.63) is 52.3 Å². The van der Waals surface area contributed by atoms with E-state index >= 15 is 0 Å². The summed E-state index contributed by atoms with van der Waals surface area (Å²) >= 11 is 12.1. The first-order valence-electron chi connectivity index (χ1n) is 6.04. The molecular formula is C14H16Cl2N2. The minimum absolute atomic E-state index is 0.654. The Morgan fingerprint density at radius 2 is 2.06 bits per heavy atom. The molecule has 0 spiro atoms. The highest BCUT2D eigenvalue weighted by Gasteiger charge is 2.07. The number of nitrogens with zero attached hydrogens (tertiary/aromatic N) is 1. The zero-order chi connectivity index (χ0) is 13.0. The molecular weight excluding hydrogens is 267 g/mol. The lowest BCUT2D eigenvalue weighted by molar-refractivity contribution is 0.656. The van der Waals surface area contributed by atoms with Crippen molar-refractivity contribution in [2.75, 3.05) is 6.54 Å². The monoisotopic (exact) mass is 282 g/mol. The molecule has 18 heavy (non-hydrogen) atoms. The second-order valence-corrected chi connectivity index (χ2v) is 4.99. The fourth-order valence-electron chi connectivity index (χ4n) is 1.87. The van der Waals surface area contributed by atoms with Crippen molar-refractivity contribution in [1.82, 2.24) is 9.88 Å². The SMILES string of the molecule is CCCNCc1cccn1-c1ccc(Cl)cc1Cl. The number of hydrogen-bond donors (Lipinski definition) is 1. The molecule has 0 saturated heterocycles. The van der Waals surface area contributed by atoms with Gasteiger partial charge in [0.15, 0.2) is 0 Å². The minimum Gasteiger partial charge on any atom is -0.318 e. The minimum atomic E-state index is 0.654. The van der Waals surface area contributed by atoms with E-state index in [9.17, 15) is 0 Å². The van der Waals surface area contributed by atoms with Crippen LogP contribution >= 0.6 is 23.2 Å². The van der Waals surface area contributed by atoms with E-state index in [1.54, 1.807) is 6.07 Å². The van der Waals surface area contributed by atoms with Crippen molar-refractivity contribution < 1.29 is 0 Å². The Morgan fingerprint density at radius 3 is 2.78 bits per heavy atom. The van der Waals surface area contributed by atoms with Gasteiger partial charge in [0.2, 0.25) is 0 Å². The summed E-state index contributed by atoms with van der Waals surface area (Å²) in [7, 11) is 0. The van der Waals surface area contributed by atoms with Gasteiger partial charge in [0.1, 0.15) is 0 Å². The number of benzene rings is 1. The summed E-state index contributed by atoms with van der Waals surface area (Å²) in [6, 6.07) is 9.67. The summed E-state index contributed by atoms with van der Waals surface area (Å²) in [5, 5.41) is 4.71. The lowest BCUT2D eigenvalue weighted by Crippen LogP contribution is -2.16. The van der Waals surface area contributed by atoms with Gasteiger partial charge in [-0.3, -0.25) is 0 Å². The van der Waals surface area contributed by atoms with Gasteiger partial charge in [-0.05, 0) is 43.3 Å². The van der Waals surface area contributed by atoms with Crippen molar-refractivity contribution in [3.8, 4) is 5.69 Å². The van der Waals surface area contributed by atoms with Gasteiger partial charge in [0, 0.05) is 23.5 Å². The Balaban J connectivity index is 2.25. The van der Waals surface area contributed by atoms with Gasteiger partial charge < -0.3 is 9.88 Å². The van der Waals surface area contributed by atoms with E-state index in [2.05, 4.69) is 22.9 Å². The van der Waals surface area contributed by atoms with Gasteiger partial charge in [-0.25, -0.2) is 0 Å². The molecule has 2 nitrogen and oxygen atoms in total. The summed E-state index contributed by atoms with van der Waals surface area (Å²) in [5.41, 5.74) is 2.15. The van der Waals surface area contributed by atoms with Crippen LogP contribution in [0.3, 0.4) is 0 Å². The molecule has 1 aromatic heterocycles. The van der Waals surface area contributed by atoms with E-state index in [0.717, 1.165) is 25.2 Å². The summed E-state index contributed by atoms with van der Waals surface area (Å²) in [6.45, 7) is 4.00. The van der Waals surface area contributed by atoms with Gasteiger partial charge in [-0.2, -0.15) is 0 Å². The van der Waals surface area contributed by atoms with E-state index in [-0.39, 0.29) is 0 Å². The van der Waals surface area contributed by atoms with Crippen LogP contribution in [0, 0.1) is 0 Å². The molecule has 0 aliphatic heterocycles. The average Bonchev–Trinajstić information content (AvgIpc) is 2.78. The quantitative estimate of drug-likeness (QED) is 0.810. The molecule has 0 bridgehead atoms. The maximum absolute atomic E-state index is 6.23. The second kappa shape index (κ2) is 6.28. The largest absolute Gasteiger partial charge is 0.318 e. The summed E-state index contributed by atoms with van der Waals surface area (Å²) in [5.74, 6) is 0. The van der Waals surface area contributed by atoms with Gasteiger partial charge in [0.05, 0.1) is 10.7 Å². The molecule has 0 aliphatic carbocycles. The number of rotatable bonds is 5. The third kappa shape index (κ3) is 3.08. The molecule has 4 heteroatoms. The molecule has 0 unspecified atom stereocenters. The lowest BCUT2D eigenvalue weighted by atomic mass is 10.3. The molecule has 1 aromatic carbocycles. The zero-order valence-corrected chi connectivity index (χ0v) is 11.8. The van der Waals surface area contributed by atoms with Gasteiger partial charge in [0.25, 0.3) is 0 Å². The summed E-state index contributed by atoms with van der Waals surface area (Å²) in [4.78, 5) is 0. The van der Waals surface area contributed by atoms with Crippen LogP contribution in [-0.4, -0.2) is 11.1 Å². The molecule has 0 radical (unpaired) electrons. The Labute approximate surface area is 118 Å². The van der Waals surface area contributed by atoms with Crippen LogP contribution in [0.5, 0.6) is 0 Å². The summed E-state index contributed by atoms with van der Waals surface area (Å²) < 4.78 is 2.08. The number of halogens is 2. The predicted molar refractivity (Wildman–Crippen MR) is 77.8 cm³/mol. The lowest BCUT2D eigenvalue weighted by Gasteiger charge is -2.11. The van der Waals surface area contributed by atoms with E-state index in [0.29, 0.717) is 10.0 Å². The highest BCUT2D eigenvalue weighted by atomic mass is 35.5. The summed E-state index contributed by atoms with van der Waals surface area (Å²) in [6.07, 6.45) is 3.14. The normalized spacial score (nSPS) is 10.8. The Bertz CT molecular complexity index is 520. The average molecular weight is 283 g/mol. The Kier molecular flexibility index (Phi) is 4.70. The molecule has 0 aliphatic rings. The van der Waals surface area contributed by atoms with Crippen LogP contribution in [-0.2, 0) is 6.54 Å². The smallest absolute Gasteiger partial charge is 0.0661 e. The van der Waals surface area contributed by atoms with Crippen molar-refractivity contribution >= 4 is 23.2 Å². The predicted octanol–water partition coefficient (Wildman–Crippen LogP) is 4.28. The van der Waals surface area contributed by atoms with Crippen LogP contribution in [0.15, 0.2) is 36.5 Å². The number of aromatic nitrogens is 1. The maximum atomic E-state index is 6.23. The molecule has 1 heterocycles. The van der Waals surface area contributed by atoms with E-state index < -0.39 is 0 Å². The standard InChI is InChI=1S/C14H16Cl2N2/c1-2-7-17-10-12-4-3-8-18(12)14-6-5-11(15)9-13(14)16/h3-6,8-9,17H,2,7,10H2,1H3. The first kappa shape index (κ1) is 13.5. The molecule has 0 amide bonds. The van der Waals surface area contributed by atoms with Crippen LogP contribution in [0.2, 0.25) is 10.0 Å². The highest BCUT2D eigenvalue weighted by molar-refractivity contribution is 6.35. The first-order chi connectivity index (χ1) is 8.72. The molecule has 0 atom stereocenters. The van der Waals surface area contributed by atoms with Crippen molar-refractivity contribution in [2.24, 2.45) is 0 Å². The van der Waals surface area contributed by atoms with Crippen LogP contribution in [0.4, 0.5) is 0 Å².